The topological polar surface area (TPSA) is 47.0 Å². The molecule has 132 valence electrons. The van der Waals surface area contributed by atoms with Gasteiger partial charge in [0.15, 0.2) is 0 Å². The second-order valence-electron chi connectivity index (χ2n) is 6.69. The van der Waals surface area contributed by atoms with Crippen molar-refractivity contribution in [2.75, 3.05) is 50.7 Å². The summed E-state index contributed by atoms with van der Waals surface area (Å²) in [4.78, 5) is 18.7. The molecule has 0 radical (unpaired) electrons. The Kier molecular flexibility index (Phi) is 5.68. The van der Waals surface area contributed by atoms with Crippen molar-refractivity contribution in [3.63, 3.8) is 0 Å². The van der Waals surface area contributed by atoms with Crippen molar-refractivity contribution < 1.29 is 14.3 Å². The lowest BCUT2D eigenvalue weighted by Gasteiger charge is -2.37. The quantitative estimate of drug-likeness (QED) is 0.902. The molecule has 2 aliphatic heterocycles. The zero-order valence-electron chi connectivity index (χ0n) is 14.0. The third kappa shape index (κ3) is 4.45. The van der Waals surface area contributed by atoms with Crippen molar-refractivity contribution in [2.45, 2.75) is 25.4 Å². The van der Waals surface area contributed by atoms with E-state index < -0.39 is 0 Å². The minimum absolute atomic E-state index is 0.189. The molecule has 0 spiro atoms. The van der Waals surface area contributed by atoms with E-state index in [4.69, 9.17) is 0 Å². The molecule has 1 N–H and O–H groups in total. The van der Waals surface area contributed by atoms with E-state index in [0.717, 1.165) is 44.7 Å². The van der Waals surface area contributed by atoms with E-state index in [-0.39, 0.29) is 17.8 Å². The lowest BCUT2D eigenvalue weighted by molar-refractivity contribution is -0.132. The average molecular weight is 335 g/mol. The maximum Gasteiger partial charge on any atom is 0.223 e. The molecular formula is C18H26FN3O2. The summed E-state index contributed by atoms with van der Waals surface area (Å²) in [5.74, 6) is -0.0378. The second kappa shape index (κ2) is 7.94. The van der Waals surface area contributed by atoms with E-state index in [0.29, 0.717) is 26.1 Å². The number of carbonyl (C=O) groups excluding carboxylic acids is 1. The van der Waals surface area contributed by atoms with Crippen LogP contribution in [0.4, 0.5) is 10.1 Å². The van der Waals surface area contributed by atoms with Gasteiger partial charge in [0.2, 0.25) is 5.91 Å². The third-order valence-electron chi connectivity index (χ3n) is 4.95. The molecule has 2 heterocycles. The van der Waals surface area contributed by atoms with Crippen LogP contribution < -0.4 is 4.90 Å². The van der Waals surface area contributed by atoms with Crippen molar-refractivity contribution in [3.05, 3.63) is 30.1 Å². The Labute approximate surface area is 142 Å². The lowest BCUT2D eigenvalue weighted by Crippen LogP contribution is -2.49. The first-order chi connectivity index (χ1) is 11.6. The number of β-amino-alcohol motifs (C(OH)–C–C–N with tert-alkyl or cyclic N) is 1. The smallest absolute Gasteiger partial charge is 0.223 e. The normalized spacial score (nSPS) is 22.7. The summed E-state index contributed by atoms with van der Waals surface area (Å²) in [5.41, 5.74) is 1.01. The summed E-state index contributed by atoms with van der Waals surface area (Å²) in [6, 6.07) is 6.52. The second-order valence-corrected chi connectivity index (χ2v) is 6.69. The summed E-state index contributed by atoms with van der Waals surface area (Å²) in [6.07, 6.45) is 2.15. The molecule has 6 heteroatoms. The predicted octanol–water partition coefficient (Wildman–Crippen LogP) is 1.32. The molecule has 3 rings (SSSR count). The number of benzene rings is 1. The number of anilines is 1. The Morgan fingerprint density at radius 3 is 2.50 bits per heavy atom. The van der Waals surface area contributed by atoms with Crippen LogP contribution in [0.5, 0.6) is 0 Å². The molecule has 0 bridgehead atoms. The maximum atomic E-state index is 13.0. The first-order valence-electron chi connectivity index (χ1n) is 8.80. The Hall–Kier alpha value is -1.66. The van der Waals surface area contributed by atoms with Gasteiger partial charge < -0.3 is 19.8 Å². The minimum atomic E-state index is -0.242. The van der Waals surface area contributed by atoms with E-state index in [9.17, 15) is 14.3 Å². The molecule has 2 saturated heterocycles. The van der Waals surface area contributed by atoms with Crippen LogP contribution in [0.15, 0.2) is 24.3 Å². The van der Waals surface area contributed by atoms with E-state index in [2.05, 4.69) is 9.80 Å². The Bertz CT molecular complexity index is 544. The number of nitrogens with zero attached hydrogens (tertiary/aromatic N) is 3. The van der Waals surface area contributed by atoms with Gasteiger partial charge in [-0.05, 0) is 43.7 Å². The zero-order chi connectivity index (χ0) is 16.9. The van der Waals surface area contributed by atoms with Gasteiger partial charge in [-0.1, -0.05) is 0 Å². The standard InChI is InChI=1S/C18H26FN3O2/c19-15-3-5-16(6-4-15)21-10-12-22(13-11-21)18(24)7-9-20-8-1-2-17(23)14-20/h3-6,17,23H,1-2,7-14H2. The van der Waals surface area contributed by atoms with Crippen LogP contribution in [0, 0.1) is 5.82 Å². The Balaban J connectivity index is 1.42. The molecule has 0 aromatic heterocycles. The van der Waals surface area contributed by atoms with Gasteiger partial charge in [0.05, 0.1) is 6.10 Å². The van der Waals surface area contributed by atoms with Crippen LogP contribution in [0.1, 0.15) is 19.3 Å². The van der Waals surface area contributed by atoms with Gasteiger partial charge in [0.25, 0.3) is 0 Å². The van der Waals surface area contributed by atoms with Crippen molar-refractivity contribution in [2.24, 2.45) is 0 Å². The van der Waals surface area contributed by atoms with Crippen LogP contribution in [0.25, 0.3) is 0 Å². The number of rotatable bonds is 4. The number of aliphatic hydroxyl groups is 1. The van der Waals surface area contributed by atoms with Gasteiger partial charge in [-0.25, -0.2) is 4.39 Å². The highest BCUT2D eigenvalue weighted by Gasteiger charge is 2.23. The van der Waals surface area contributed by atoms with Gasteiger partial charge in [0, 0.05) is 51.4 Å². The minimum Gasteiger partial charge on any atom is -0.392 e. The lowest BCUT2D eigenvalue weighted by atomic mass is 10.1. The van der Waals surface area contributed by atoms with Crippen molar-refractivity contribution in [1.82, 2.24) is 9.80 Å². The van der Waals surface area contributed by atoms with E-state index in [1.165, 1.54) is 12.1 Å². The highest BCUT2D eigenvalue weighted by molar-refractivity contribution is 5.76. The molecule has 1 amide bonds. The summed E-state index contributed by atoms with van der Waals surface area (Å²) in [5, 5.41) is 9.68. The number of hydrogen-bond acceptors (Lipinski definition) is 4. The molecule has 1 aromatic rings. The molecular weight excluding hydrogens is 309 g/mol. The molecule has 1 unspecified atom stereocenters. The fourth-order valence-electron chi connectivity index (χ4n) is 3.51. The largest absolute Gasteiger partial charge is 0.392 e. The van der Waals surface area contributed by atoms with Gasteiger partial charge in [-0.2, -0.15) is 0 Å². The highest BCUT2D eigenvalue weighted by atomic mass is 19.1. The summed E-state index contributed by atoms with van der Waals surface area (Å²) >= 11 is 0. The summed E-state index contributed by atoms with van der Waals surface area (Å²) < 4.78 is 13.0. The van der Waals surface area contributed by atoms with Gasteiger partial charge in [0.1, 0.15) is 5.82 Å². The van der Waals surface area contributed by atoms with Gasteiger partial charge in [-0.3, -0.25) is 4.79 Å². The summed E-state index contributed by atoms with van der Waals surface area (Å²) in [7, 11) is 0. The first kappa shape index (κ1) is 17.2. The number of likely N-dealkylation sites (tertiary alicyclic amines) is 1. The van der Waals surface area contributed by atoms with E-state index in [1.807, 2.05) is 4.90 Å². The average Bonchev–Trinajstić information content (AvgIpc) is 2.61. The SMILES string of the molecule is O=C(CCN1CCCC(O)C1)N1CCN(c2ccc(F)cc2)CC1. The molecule has 1 atom stereocenters. The maximum absolute atomic E-state index is 13.0. The highest BCUT2D eigenvalue weighted by Crippen LogP contribution is 2.17. The van der Waals surface area contributed by atoms with Crippen molar-refractivity contribution in [3.8, 4) is 0 Å². The number of piperidine rings is 1. The van der Waals surface area contributed by atoms with Crippen molar-refractivity contribution >= 4 is 11.6 Å². The Morgan fingerprint density at radius 2 is 1.83 bits per heavy atom. The number of amides is 1. The fourth-order valence-corrected chi connectivity index (χ4v) is 3.51. The molecule has 0 aliphatic carbocycles. The number of carbonyl (C=O) groups is 1. The first-order valence-corrected chi connectivity index (χ1v) is 8.80. The molecule has 5 nitrogen and oxygen atoms in total. The van der Waals surface area contributed by atoms with E-state index in [1.54, 1.807) is 12.1 Å². The molecule has 2 fully saturated rings. The molecule has 24 heavy (non-hydrogen) atoms. The number of halogens is 1. The Morgan fingerprint density at radius 1 is 1.12 bits per heavy atom. The van der Waals surface area contributed by atoms with Crippen LogP contribution in [0.2, 0.25) is 0 Å². The van der Waals surface area contributed by atoms with Crippen molar-refractivity contribution in [1.29, 1.82) is 0 Å². The summed E-state index contributed by atoms with van der Waals surface area (Å²) in [6.45, 7) is 5.36. The third-order valence-corrected chi connectivity index (χ3v) is 4.95. The van der Waals surface area contributed by atoms with Gasteiger partial charge in [-0.15, -0.1) is 0 Å². The molecule has 1 aromatic carbocycles. The fraction of sp³-hybridized carbons (Fsp3) is 0.611. The number of hydrogen-bond donors (Lipinski definition) is 1. The van der Waals surface area contributed by atoms with Crippen LogP contribution >= 0.6 is 0 Å². The predicted molar refractivity (Wildman–Crippen MR) is 91.5 cm³/mol. The van der Waals surface area contributed by atoms with Gasteiger partial charge >= 0.3 is 0 Å². The molecule has 2 aliphatic rings. The van der Waals surface area contributed by atoms with Crippen LogP contribution in [0.3, 0.4) is 0 Å². The van der Waals surface area contributed by atoms with Crippen LogP contribution in [-0.2, 0) is 4.79 Å². The number of piperazine rings is 1. The van der Waals surface area contributed by atoms with E-state index >= 15 is 0 Å². The number of aliphatic hydroxyl groups excluding tert-OH is 1. The zero-order valence-corrected chi connectivity index (χ0v) is 14.0. The monoisotopic (exact) mass is 335 g/mol. The molecule has 0 saturated carbocycles. The van der Waals surface area contributed by atoms with Crippen LogP contribution in [-0.4, -0.2) is 72.7 Å².